The molecule has 1 rings (SSSR count). The summed E-state index contributed by atoms with van der Waals surface area (Å²) >= 11 is 0. The highest BCUT2D eigenvalue weighted by molar-refractivity contribution is 5.79. The van der Waals surface area contributed by atoms with Crippen LogP contribution in [-0.2, 0) is 4.74 Å². The second-order valence-electron chi connectivity index (χ2n) is 4.19. The van der Waals surface area contributed by atoms with Crippen LogP contribution in [0.25, 0.3) is 0 Å². The Bertz CT molecular complexity index is 227. The minimum absolute atomic E-state index is 0.127. The second kappa shape index (κ2) is 4.14. The van der Waals surface area contributed by atoms with Crippen molar-refractivity contribution in [3.63, 3.8) is 0 Å². The first-order valence-corrected chi connectivity index (χ1v) is 4.79. The average molecular weight is 200 g/mol. The van der Waals surface area contributed by atoms with Gasteiger partial charge in [0.25, 0.3) is 0 Å². The van der Waals surface area contributed by atoms with Gasteiger partial charge in [-0.05, 0) is 6.42 Å². The van der Waals surface area contributed by atoms with Gasteiger partial charge in [-0.2, -0.15) is 0 Å². The van der Waals surface area contributed by atoms with Crippen molar-refractivity contribution in [2.75, 3.05) is 14.2 Å². The Labute approximate surface area is 85.1 Å². The maximum Gasteiger partial charge on any atom is 0.205 e. The summed E-state index contributed by atoms with van der Waals surface area (Å²) in [7, 11) is 3.44. The second-order valence-corrected chi connectivity index (χ2v) is 4.19. The number of nitrogens with two attached hydrogens (primary N) is 1. The molecule has 0 radical (unpaired) electrons. The minimum Gasteiger partial charge on any atom is -0.381 e. The van der Waals surface area contributed by atoms with Crippen LogP contribution in [0.2, 0.25) is 0 Å². The highest BCUT2D eigenvalue weighted by atomic mass is 16.5. The van der Waals surface area contributed by atoms with Gasteiger partial charge >= 0.3 is 0 Å². The number of guanidine groups is 1. The largest absolute Gasteiger partial charge is 0.381 e. The molecule has 1 aliphatic rings. The van der Waals surface area contributed by atoms with Gasteiger partial charge < -0.3 is 10.1 Å². The molecule has 0 spiro atoms. The van der Waals surface area contributed by atoms with Crippen LogP contribution < -0.4 is 16.6 Å². The molecule has 0 aromatic carbocycles. The molecule has 0 aromatic rings. The number of hydrogen-bond acceptors (Lipinski definition) is 3. The molecule has 0 saturated heterocycles. The monoisotopic (exact) mass is 200 g/mol. The minimum atomic E-state index is 0.127. The van der Waals surface area contributed by atoms with Gasteiger partial charge in [0, 0.05) is 25.6 Å². The third kappa shape index (κ3) is 1.83. The highest BCUT2D eigenvalue weighted by Crippen LogP contribution is 2.42. The summed E-state index contributed by atoms with van der Waals surface area (Å²) in [5.41, 5.74) is 2.65. The zero-order valence-electron chi connectivity index (χ0n) is 9.29. The number of nitrogens with zero attached hydrogens (tertiary/aromatic N) is 1. The summed E-state index contributed by atoms with van der Waals surface area (Å²) in [6, 6.07) is 0.363. The lowest BCUT2D eigenvalue weighted by atomic mass is 9.64. The van der Waals surface area contributed by atoms with E-state index in [2.05, 4.69) is 29.6 Å². The van der Waals surface area contributed by atoms with Crippen LogP contribution in [0, 0.1) is 5.41 Å². The molecule has 4 N–H and O–H groups in total. The van der Waals surface area contributed by atoms with E-state index in [9.17, 15) is 0 Å². The molecular formula is C9H20N4O. The number of rotatable bonds is 2. The van der Waals surface area contributed by atoms with Crippen molar-refractivity contribution in [2.45, 2.75) is 32.4 Å². The van der Waals surface area contributed by atoms with Crippen molar-refractivity contribution < 1.29 is 4.74 Å². The van der Waals surface area contributed by atoms with Crippen molar-refractivity contribution in [2.24, 2.45) is 16.3 Å². The van der Waals surface area contributed by atoms with E-state index in [1.54, 1.807) is 14.2 Å². The molecule has 14 heavy (non-hydrogen) atoms. The molecule has 5 nitrogen and oxygen atoms in total. The molecular weight excluding hydrogens is 180 g/mol. The van der Waals surface area contributed by atoms with Gasteiger partial charge in [-0.15, -0.1) is 0 Å². The van der Waals surface area contributed by atoms with E-state index in [0.29, 0.717) is 18.1 Å². The maximum absolute atomic E-state index is 5.35. The number of nitrogens with one attached hydrogen (secondary N) is 2. The smallest absolute Gasteiger partial charge is 0.205 e. The first-order chi connectivity index (χ1) is 6.56. The fraction of sp³-hybridized carbons (Fsp3) is 0.889. The van der Waals surface area contributed by atoms with E-state index >= 15 is 0 Å². The number of hydrazine groups is 1. The van der Waals surface area contributed by atoms with Crippen molar-refractivity contribution in [3.05, 3.63) is 0 Å². The molecule has 0 amide bonds. The molecule has 82 valence electrons. The lowest BCUT2D eigenvalue weighted by Gasteiger charge is -2.51. The maximum atomic E-state index is 5.35. The fourth-order valence-electron chi connectivity index (χ4n) is 1.87. The predicted octanol–water partition coefficient (Wildman–Crippen LogP) is -0.161. The van der Waals surface area contributed by atoms with Crippen molar-refractivity contribution in [1.82, 2.24) is 10.7 Å². The van der Waals surface area contributed by atoms with Crippen LogP contribution in [0.15, 0.2) is 4.99 Å². The molecule has 2 unspecified atom stereocenters. The summed E-state index contributed by atoms with van der Waals surface area (Å²) in [5, 5.41) is 3.24. The predicted molar refractivity (Wildman–Crippen MR) is 56.8 cm³/mol. The lowest BCUT2D eigenvalue weighted by molar-refractivity contribution is -0.0922. The molecule has 0 bridgehead atoms. The third-order valence-corrected chi connectivity index (χ3v) is 3.13. The van der Waals surface area contributed by atoms with Crippen molar-refractivity contribution in [3.8, 4) is 0 Å². The van der Waals surface area contributed by atoms with Gasteiger partial charge in [-0.25, -0.2) is 5.84 Å². The van der Waals surface area contributed by atoms with Gasteiger partial charge in [-0.3, -0.25) is 10.4 Å². The molecule has 5 heteroatoms. The SMILES string of the molecule is CN=C(NN)NC1CC(OC)C1(C)C. The Kier molecular flexibility index (Phi) is 3.34. The summed E-state index contributed by atoms with van der Waals surface area (Å²) in [5.74, 6) is 5.91. The van der Waals surface area contributed by atoms with Gasteiger partial charge in [0.15, 0.2) is 0 Å². The van der Waals surface area contributed by atoms with E-state index in [1.165, 1.54) is 0 Å². The van der Waals surface area contributed by atoms with Gasteiger partial charge in [0.2, 0.25) is 5.96 Å². The average Bonchev–Trinajstić information content (AvgIpc) is 2.17. The summed E-state index contributed by atoms with van der Waals surface area (Å²) in [6.07, 6.45) is 1.31. The van der Waals surface area contributed by atoms with Crippen LogP contribution in [0.5, 0.6) is 0 Å². The van der Waals surface area contributed by atoms with Crippen LogP contribution in [-0.4, -0.2) is 32.3 Å². The van der Waals surface area contributed by atoms with E-state index in [4.69, 9.17) is 10.6 Å². The lowest BCUT2D eigenvalue weighted by Crippen LogP contribution is -2.63. The van der Waals surface area contributed by atoms with E-state index in [-0.39, 0.29) is 5.41 Å². The Morgan fingerprint density at radius 1 is 1.57 bits per heavy atom. The molecule has 1 saturated carbocycles. The Balaban J connectivity index is 2.50. The number of methoxy groups -OCH3 is 1. The quantitative estimate of drug-likeness (QED) is 0.251. The van der Waals surface area contributed by atoms with E-state index < -0.39 is 0 Å². The zero-order chi connectivity index (χ0) is 10.8. The summed E-state index contributed by atoms with van der Waals surface area (Å²) < 4.78 is 5.35. The van der Waals surface area contributed by atoms with E-state index in [0.717, 1.165) is 6.42 Å². The standard InChI is InChI=1S/C9H20N4O/c1-9(2)6(5-7(9)14-4)12-8(11-3)13-10/h6-7H,5,10H2,1-4H3,(H2,11,12,13). The summed E-state index contributed by atoms with van der Waals surface area (Å²) in [4.78, 5) is 3.97. The van der Waals surface area contributed by atoms with Crippen molar-refractivity contribution >= 4 is 5.96 Å². The number of ether oxygens (including phenoxy) is 1. The number of aliphatic imine (C=N–C) groups is 1. The first-order valence-electron chi connectivity index (χ1n) is 4.79. The van der Waals surface area contributed by atoms with Crippen LogP contribution in [0.4, 0.5) is 0 Å². The fourth-order valence-corrected chi connectivity index (χ4v) is 1.87. The van der Waals surface area contributed by atoms with Crippen LogP contribution >= 0.6 is 0 Å². The number of hydrogen-bond donors (Lipinski definition) is 3. The summed E-state index contributed by atoms with van der Waals surface area (Å²) in [6.45, 7) is 4.35. The molecule has 1 fully saturated rings. The molecule has 2 atom stereocenters. The topological polar surface area (TPSA) is 71.7 Å². The molecule has 0 aromatic heterocycles. The normalized spacial score (nSPS) is 30.8. The molecule has 0 aliphatic heterocycles. The third-order valence-electron chi connectivity index (χ3n) is 3.13. The van der Waals surface area contributed by atoms with Crippen LogP contribution in [0.3, 0.4) is 0 Å². The zero-order valence-corrected chi connectivity index (χ0v) is 9.29. The van der Waals surface area contributed by atoms with Gasteiger partial charge in [-0.1, -0.05) is 13.8 Å². The molecule has 0 heterocycles. The molecule has 1 aliphatic carbocycles. The van der Waals surface area contributed by atoms with Gasteiger partial charge in [0.1, 0.15) is 0 Å². The Morgan fingerprint density at radius 2 is 2.21 bits per heavy atom. The Hall–Kier alpha value is -0.810. The van der Waals surface area contributed by atoms with Crippen LogP contribution in [0.1, 0.15) is 20.3 Å². The van der Waals surface area contributed by atoms with E-state index in [1.807, 2.05) is 0 Å². The van der Waals surface area contributed by atoms with Crippen molar-refractivity contribution in [1.29, 1.82) is 0 Å². The first kappa shape index (κ1) is 11.3. The highest BCUT2D eigenvalue weighted by Gasteiger charge is 2.48. The van der Waals surface area contributed by atoms with Gasteiger partial charge in [0.05, 0.1) is 6.10 Å². The Morgan fingerprint density at radius 3 is 2.57 bits per heavy atom.